The Hall–Kier alpha value is -2.55. The molecule has 0 atom stereocenters. The van der Waals surface area contributed by atoms with Crippen molar-refractivity contribution in [3.8, 4) is 5.75 Å². The van der Waals surface area contributed by atoms with Crippen LogP contribution in [0.25, 0.3) is 11.6 Å². The summed E-state index contributed by atoms with van der Waals surface area (Å²) in [6, 6.07) is 16.5. The van der Waals surface area contributed by atoms with E-state index in [1.807, 2.05) is 44.2 Å². The third-order valence-corrected chi connectivity index (χ3v) is 2.88. The largest absolute Gasteiger partial charge is 0.491 e. The zero-order chi connectivity index (χ0) is 15.2. The van der Waals surface area contributed by atoms with Crippen LogP contribution in [0.1, 0.15) is 25.0 Å². The van der Waals surface area contributed by atoms with Crippen LogP contribution < -0.4 is 4.74 Å². The fraction of sp³-hybridized carbons (Fsp3) is 0.167. The van der Waals surface area contributed by atoms with Crippen LogP contribution in [0.4, 0.5) is 0 Å². The van der Waals surface area contributed by atoms with Crippen LogP contribution in [-0.2, 0) is 4.79 Å². The fourth-order valence-electron chi connectivity index (χ4n) is 1.97. The van der Waals surface area contributed by atoms with E-state index < -0.39 is 5.97 Å². The lowest BCUT2D eigenvalue weighted by atomic mass is 10.0. The lowest BCUT2D eigenvalue weighted by Crippen LogP contribution is -2.05. The average molecular weight is 282 g/mol. The van der Waals surface area contributed by atoms with E-state index in [0.29, 0.717) is 5.56 Å². The molecule has 0 aliphatic heterocycles. The van der Waals surface area contributed by atoms with Crippen molar-refractivity contribution < 1.29 is 14.6 Å². The summed E-state index contributed by atoms with van der Waals surface area (Å²) in [5, 5.41) is 9.40. The lowest BCUT2D eigenvalue weighted by molar-refractivity contribution is -0.130. The molecule has 0 aliphatic rings. The SMILES string of the molecule is CC(C)Oc1ccc(/C(=C\c2ccccc2)C(=O)O)cc1. The molecule has 0 fully saturated rings. The molecule has 3 heteroatoms. The number of carboxylic acid groups (broad SMARTS) is 1. The highest BCUT2D eigenvalue weighted by atomic mass is 16.5. The van der Waals surface area contributed by atoms with Gasteiger partial charge in [-0.3, -0.25) is 0 Å². The third kappa shape index (κ3) is 4.21. The molecule has 1 N–H and O–H groups in total. The fourth-order valence-corrected chi connectivity index (χ4v) is 1.97. The number of benzene rings is 2. The van der Waals surface area contributed by atoms with E-state index in [1.165, 1.54) is 0 Å². The molecule has 0 spiro atoms. The highest BCUT2D eigenvalue weighted by Gasteiger charge is 2.10. The minimum atomic E-state index is -0.948. The minimum Gasteiger partial charge on any atom is -0.491 e. The minimum absolute atomic E-state index is 0.0923. The topological polar surface area (TPSA) is 46.5 Å². The van der Waals surface area contributed by atoms with Gasteiger partial charge in [0.2, 0.25) is 0 Å². The van der Waals surface area contributed by atoms with Gasteiger partial charge in [-0.05, 0) is 43.2 Å². The van der Waals surface area contributed by atoms with E-state index in [1.54, 1.807) is 30.3 Å². The van der Waals surface area contributed by atoms with Crippen LogP contribution >= 0.6 is 0 Å². The zero-order valence-electron chi connectivity index (χ0n) is 12.1. The molecule has 0 unspecified atom stereocenters. The van der Waals surface area contributed by atoms with E-state index in [2.05, 4.69) is 0 Å². The first-order valence-electron chi connectivity index (χ1n) is 6.83. The Morgan fingerprint density at radius 3 is 2.19 bits per heavy atom. The quantitative estimate of drug-likeness (QED) is 0.663. The van der Waals surface area contributed by atoms with Crippen molar-refractivity contribution in [1.82, 2.24) is 0 Å². The molecule has 0 bridgehead atoms. The second kappa shape index (κ2) is 6.75. The van der Waals surface area contributed by atoms with E-state index in [0.717, 1.165) is 11.3 Å². The van der Waals surface area contributed by atoms with Gasteiger partial charge in [0, 0.05) is 0 Å². The molecule has 2 aromatic rings. The summed E-state index contributed by atoms with van der Waals surface area (Å²) >= 11 is 0. The molecule has 0 aromatic heterocycles. The molecule has 0 heterocycles. The Labute approximate surface area is 124 Å². The molecule has 2 aromatic carbocycles. The van der Waals surface area contributed by atoms with Crippen LogP contribution in [0.3, 0.4) is 0 Å². The van der Waals surface area contributed by atoms with Crippen LogP contribution in [0.15, 0.2) is 54.6 Å². The third-order valence-electron chi connectivity index (χ3n) is 2.88. The number of ether oxygens (including phenoxy) is 1. The molecule has 0 radical (unpaired) electrons. The maximum absolute atomic E-state index is 11.5. The maximum Gasteiger partial charge on any atom is 0.336 e. The Morgan fingerprint density at radius 2 is 1.67 bits per heavy atom. The molecule has 108 valence electrons. The van der Waals surface area contributed by atoms with E-state index >= 15 is 0 Å². The first-order chi connectivity index (χ1) is 10.1. The highest BCUT2D eigenvalue weighted by molar-refractivity contribution is 6.20. The van der Waals surface area contributed by atoms with E-state index in [4.69, 9.17) is 4.74 Å². The molecule has 0 saturated carbocycles. The van der Waals surface area contributed by atoms with Gasteiger partial charge in [0.25, 0.3) is 0 Å². The molecule has 0 amide bonds. The highest BCUT2D eigenvalue weighted by Crippen LogP contribution is 2.22. The van der Waals surface area contributed by atoms with Gasteiger partial charge in [-0.15, -0.1) is 0 Å². The lowest BCUT2D eigenvalue weighted by Gasteiger charge is -2.10. The zero-order valence-corrected chi connectivity index (χ0v) is 12.1. The molecular weight excluding hydrogens is 264 g/mol. The number of hydrogen-bond acceptors (Lipinski definition) is 2. The first-order valence-corrected chi connectivity index (χ1v) is 6.83. The average Bonchev–Trinajstić information content (AvgIpc) is 2.46. The molecule has 21 heavy (non-hydrogen) atoms. The summed E-state index contributed by atoms with van der Waals surface area (Å²) in [5.41, 5.74) is 1.78. The van der Waals surface area contributed by atoms with Gasteiger partial charge >= 0.3 is 5.97 Å². The van der Waals surface area contributed by atoms with Crippen LogP contribution in [-0.4, -0.2) is 17.2 Å². The first kappa shape index (κ1) is 14.9. The van der Waals surface area contributed by atoms with Crippen molar-refractivity contribution in [2.75, 3.05) is 0 Å². The number of aliphatic carboxylic acids is 1. The summed E-state index contributed by atoms with van der Waals surface area (Å²) in [7, 11) is 0. The van der Waals surface area contributed by atoms with Crippen LogP contribution in [0.5, 0.6) is 5.75 Å². The number of hydrogen-bond donors (Lipinski definition) is 1. The maximum atomic E-state index is 11.5. The van der Waals surface area contributed by atoms with E-state index in [9.17, 15) is 9.90 Å². The Morgan fingerprint density at radius 1 is 1.05 bits per heavy atom. The van der Waals surface area contributed by atoms with Crippen molar-refractivity contribution >= 4 is 17.6 Å². The normalized spacial score (nSPS) is 11.5. The smallest absolute Gasteiger partial charge is 0.336 e. The summed E-state index contributed by atoms with van der Waals surface area (Å²) < 4.78 is 5.56. The predicted molar refractivity (Wildman–Crippen MR) is 84.2 cm³/mol. The monoisotopic (exact) mass is 282 g/mol. The number of rotatable bonds is 5. The van der Waals surface area contributed by atoms with Crippen molar-refractivity contribution in [3.05, 3.63) is 65.7 Å². The summed E-state index contributed by atoms with van der Waals surface area (Å²) in [6.45, 7) is 3.90. The molecular formula is C18H18O3. The van der Waals surface area contributed by atoms with Gasteiger partial charge in [-0.2, -0.15) is 0 Å². The standard InChI is InChI=1S/C18H18O3/c1-13(2)21-16-10-8-15(9-11-16)17(18(19)20)12-14-6-4-3-5-7-14/h3-13H,1-2H3,(H,19,20)/b17-12+. The van der Waals surface area contributed by atoms with Gasteiger partial charge in [-0.25, -0.2) is 4.79 Å². The summed E-state index contributed by atoms with van der Waals surface area (Å²) in [5.74, 6) is -0.213. The van der Waals surface area contributed by atoms with Crippen LogP contribution in [0.2, 0.25) is 0 Å². The second-order valence-corrected chi connectivity index (χ2v) is 4.96. The van der Waals surface area contributed by atoms with Crippen molar-refractivity contribution in [1.29, 1.82) is 0 Å². The van der Waals surface area contributed by atoms with Gasteiger partial charge in [0.1, 0.15) is 5.75 Å². The Balaban J connectivity index is 2.31. The molecule has 0 saturated heterocycles. The van der Waals surface area contributed by atoms with Gasteiger partial charge < -0.3 is 9.84 Å². The predicted octanol–water partition coefficient (Wildman–Crippen LogP) is 4.10. The van der Waals surface area contributed by atoms with Crippen molar-refractivity contribution in [2.24, 2.45) is 0 Å². The van der Waals surface area contributed by atoms with Gasteiger partial charge in [0.15, 0.2) is 0 Å². The number of carboxylic acids is 1. The Bertz CT molecular complexity index is 625. The molecule has 0 aliphatic carbocycles. The second-order valence-electron chi connectivity index (χ2n) is 4.96. The Kier molecular flexibility index (Phi) is 4.77. The summed E-state index contributed by atoms with van der Waals surface area (Å²) in [6.07, 6.45) is 1.76. The number of carbonyl (C=O) groups is 1. The van der Waals surface area contributed by atoms with Crippen LogP contribution in [0, 0.1) is 0 Å². The van der Waals surface area contributed by atoms with Crippen molar-refractivity contribution in [2.45, 2.75) is 20.0 Å². The molecule has 3 nitrogen and oxygen atoms in total. The molecule has 2 rings (SSSR count). The van der Waals surface area contributed by atoms with Crippen molar-refractivity contribution in [3.63, 3.8) is 0 Å². The summed E-state index contributed by atoms with van der Waals surface area (Å²) in [4.78, 5) is 11.5. The van der Waals surface area contributed by atoms with Gasteiger partial charge in [0.05, 0.1) is 11.7 Å². The van der Waals surface area contributed by atoms with E-state index in [-0.39, 0.29) is 11.7 Å². The van der Waals surface area contributed by atoms with Gasteiger partial charge in [-0.1, -0.05) is 42.5 Å².